The van der Waals surface area contributed by atoms with E-state index >= 15 is 0 Å². The second-order valence-corrected chi connectivity index (χ2v) is 3.76. The van der Waals surface area contributed by atoms with Crippen LogP contribution in [0.4, 0.5) is 0 Å². The molecule has 3 heteroatoms. The summed E-state index contributed by atoms with van der Waals surface area (Å²) in [6.45, 7) is 2.94. The van der Waals surface area contributed by atoms with Crippen molar-refractivity contribution in [2.75, 3.05) is 6.54 Å². The molecular formula is C11H15NO2. The molecule has 1 unspecified atom stereocenters. The van der Waals surface area contributed by atoms with Gasteiger partial charge in [-0.3, -0.25) is 0 Å². The molecule has 0 aliphatic carbocycles. The van der Waals surface area contributed by atoms with Gasteiger partial charge in [-0.05, 0) is 43.1 Å². The summed E-state index contributed by atoms with van der Waals surface area (Å²) in [6, 6.07) is 3.98. The van der Waals surface area contributed by atoms with Crippen LogP contribution >= 0.6 is 0 Å². The smallest absolute Gasteiger partial charge is 0.121 e. The fourth-order valence-corrected chi connectivity index (χ4v) is 1.97. The quantitative estimate of drug-likeness (QED) is 0.626. The molecule has 0 amide bonds. The summed E-state index contributed by atoms with van der Waals surface area (Å²) in [5.41, 5.74) is 2.99. The lowest BCUT2D eigenvalue weighted by atomic mass is 9.93. The third-order valence-electron chi connectivity index (χ3n) is 2.82. The number of aromatic hydroxyl groups is 1. The predicted molar refractivity (Wildman–Crippen MR) is 54.2 cm³/mol. The summed E-state index contributed by atoms with van der Waals surface area (Å²) in [5.74, 6) is 0.209. The number of aliphatic hydroxyl groups excluding tert-OH is 1. The van der Waals surface area contributed by atoms with Crippen molar-refractivity contribution in [3.63, 3.8) is 0 Å². The van der Waals surface area contributed by atoms with Gasteiger partial charge in [0, 0.05) is 11.6 Å². The van der Waals surface area contributed by atoms with Crippen LogP contribution in [0.3, 0.4) is 0 Å². The van der Waals surface area contributed by atoms with E-state index in [1.807, 2.05) is 6.07 Å². The molecule has 0 aromatic heterocycles. The Labute approximate surface area is 83.4 Å². The molecule has 1 aromatic rings. The molecule has 0 bridgehead atoms. The van der Waals surface area contributed by atoms with Crippen LogP contribution in [-0.2, 0) is 13.0 Å². The van der Waals surface area contributed by atoms with Crippen LogP contribution in [-0.4, -0.2) is 16.8 Å². The number of fused-ring (bicyclic) bond motifs is 1. The number of phenols is 1. The van der Waals surface area contributed by atoms with Gasteiger partial charge >= 0.3 is 0 Å². The Morgan fingerprint density at radius 2 is 2.29 bits per heavy atom. The number of hydrogen-bond acceptors (Lipinski definition) is 3. The first-order valence-electron chi connectivity index (χ1n) is 4.91. The highest BCUT2D eigenvalue weighted by Crippen LogP contribution is 2.29. The van der Waals surface area contributed by atoms with Gasteiger partial charge in [0.2, 0.25) is 0 Å². The highest BCUT2D eigenvalue weighted by Gasteiger charge is 2.17. The summed E-state index contributed by atoms with van der Waals surface area (Å²) < 4.78 is 0. The van der Waals surface area contributed by atoms with Gasteiger partial charge in [-0.1, -0.05) is 0 Å². The van der Waals surface area contributed by atoms with Gasteiger partial charge in [-0.2, -0.15) is 0 Å². The average molecular weight is 193 g/mol. The second-order valence-electron chi connectivity index (χ2n) is 3.76. The number of hydrogen-bond donors (Lipinski definition) is 3. The summed E-state index contributed by atoms with van der Waals surface area (Å²) in [7, 11) is 0. The molecule has 3 N–H and O–H groups in total. The van der Waals surface area contributed by atoms with E-state index in [0.717, 1.165) is 13.0 Å². The van der Waals surface area contributed by atoms with Crippen molar-refractivity contribution in [1.29, 1.82) is 0 Å². The minimum atomic E-state index is -0.105. The van der Waals surface area contributed by atoms with E-state index in [1.165, 1.54) is 11.1 Å². The summed E-state index contributed by atoms with van der Waals surface area (Å²) in [4.78, 5) is 0. The Morgan fingerprint density at radius 1 is 1.50 bits per heavy atom. The van der Waals surface area contributed by atoms with Crippen molar-refractivity contribution in [2.45, 2.75) is 26.0 Å². The molecule has 76 valence electrons. The Hall–Kier alpha value is -1.06. The van der Waals surface area contributed by atoms with Crippen molar-refractivity contribution in [2.24, 2.45) is 0 Å². The number of benzene rings is 1. The Kier molecular flexibility index (Phi) is 2.44. The first-order valence-corrected chi connectivity index (χ1v) is 4.91. The van der Waals surface area contributed by atoms with Crippen LogP contribution < -0.4 is 5.32 Å². The Morgan fingerprint density at radius 3 is 3.00 bits per heavy atom. The molecular weight excluding hydrogens is 178 g/mol. The van der Waals surface area contributed by atoms with E-state index in [2.05, 4.69) is 12.2 Å². The molecule has 0 radical (unpaired) electrons. The van der Waals surface area contributed by atoms with Gasteiger partial charge in [0.1, 0.15) is 5.75 Å². The Bertz CT molecular complexity index is 349. The topological polar surface area (TPSA) is 52.5 Å². The van der Waals surface area contributed by atoms with Gasteiger partial charge < -0.3 is 15.5 Å². The van der Waals surface area contributed by atoms with Crippen LogP contribution in [0.1, 0.15) is 29.7 Å². The fourth-order valence-electron chi connectivity index (χ4n) is 1.97. The lowest BCUT2D eigenvalue weighted by Gasteiger charge is -2.24. The zero-order chi connectivity index (χ0) is 10.1. The molecule has 0 saturated carbocycles. The van der Waals surface area contributed by atoms with Crippen LogP contribution in [0, 0.1) is 0 Å². The fraction of sp³-hybridized carbons (Fsp3) is 0.455. The lowest BCUT2D eigenvalue weighted by Crippen LogP contribution is -2.27. The molecule has 0 spiro atoms. The van der Waals surface area contributed by atoms with Gasteiger partial charge in [0.05, 0.1) is 6.61 Å². The SMILES string of the molecule is CC1NCCc2cc(O)c(CO)cc21. The minimum Gasteiger partial charge on any atom is -0.508 e. The van der Waals surface area contributed by atoms with Gasteiger partial charge in [-0.25, -0.2) is 0 Å². The van der Waals surface area contributed by atoms with E-state index in [-0.39, 0.29) is 12.4 Å². The van der Waals surface area contributed by atoms with Crippen LogP contribution in [0.5, 0.6) is 5.75 Å². The maximum absolute atomic E-state index is 9.57. The Balaban J connectivity index is 2.49. The molecule has 1 aliphatic rings. The van der Waals surface area contributed by atoms with Gasteiger partial charge in [0.25, 0.3) is 0 Å². The molecule has 1 aliphatic heterocycles. The number of aliphatic hydroxyl groups is 1. The largest absolute Gasteiger partial charge is 0.508 e. The van der Waals surface area contributed by atoms with Crippen LogP contribution in [0.15, 0.2) is 12.1 Å². The molecule has 0 fully saturated rings. The van der Waals surface area contributed by atoms with Crippen molar-refractivity contribution in [3.8, 4) is 5.75 Å². The van der Waals surface area contributed by atoms with Crippen molar-refractivity contribution in [3.05, 3.63) is 28.8 Å². The van der Waals surface area contributed by atoms with E-state index in [1.54, 1.807) is 6.07 Å². The third-order valence-corrected chi connectivity index (χ3v) is 2.82. The highest BCUT2D eigenvalue weighted by atomic mass is 16.3. The van der Waals surface area contributed by atoms with Gasteiger partial charge in [0.15, 0.2) is 0 Å². The zero-order valence-corrected chi connectivity index (χ0v) is 8.25. The third kappa shape index (κ3) is 1.49. The predicted octanol–water partition coefficient (Wildman–Crippen LogP) is 1.09. The van der Waals surface area contributed by atoms with Crippen molar-refractivity contribution in [1.82, 2.24) is 5.32 Å². The maximum atomic E-state index is 9.57. The molecule has 14 heavy (non-hydrogen) atoms. The number of rotatable bonds is 1. The maximum Gasteiger partial charge on any atom is 0.121 e. The number of nitrogens with one attached hydrogen (secondary N) is 1. The van der Waals surface area contributed by atoms with Crippen molar-refractivity contribution < 1.29 is 10.2 Å². The molecule has 0 saturated heterocycles. The van der Waals surface area contributed by atoms with Crippen LogP contribution in [0.2, 0.25) is 0 Å². The van der Waals surface area contributed by atoms with Crippen molar-refractivity contribution >= 4 is 0 Å². The molecule has 3 nitrogen and oxygen atoms in total. The summed E-state index contributed by atoms with van der Waals surface area (Å²) in [6.07, 6.45) is 0.943. The molecule has 1 atom stereocenters. The molecule has 1 heterocycles. The van der Waals surface area contributed by atoms with E-state index in [9.17, 15) is 5.11 Å². The second kappa shape index (κ2) is 3.59. The first-order chi connectivity index (χ1) is 6.72. The van der Waals surface area contributed by atoms with Gasteiger partial charge in [-0.15, -0.1) is 0 Å². The molecule has 1 aromatic carbocycles. The van der Waals surface area contributed by atoms with E-state index < -0.39 is 0 Å². The van der Waals surface area contributed by atoms with E-state index in [4.69, 9.17) is 5.11 Å². The lowest BCUT2D eigenvalue weighted by molar-refractivity contribution is 0.275. The summed E-state index contributed by atoms with van der Waals surface area (Å²) >= 11 is 0. The normalized spacial score (nSPS) is 20.6. The molecule has 2 rings (SSSR count). The van der Waals surface area contributed by atoms with E-state index in [0.29, 0.717) is 11.6 Å². The van der Waals surface area contributed by atoms with Crippen LogP contribution in [0.25, 0.3) is 0 Å². The minimum absolute atomic E-state index is 0.105. The first kappa shape index (κ1) is 9.49. The summed E-state index contributed by atoms with van der Waals surface area (Å²) in [5, 5.41) is 21.9. The highest BCUT2D eigenvalue weighted by molar-refractivity contribution is 5.44. The zero-order valence-electron chi connectivity index (χ0n) is 8.25. The average Bonchev–Trinajstić information content (AvgIpc) is 2.17. The monoisotopic (exact) mass is 193 g/mol. The standard InChI is InChI=1S/C11H15NO2/c1-7-10-4-9(6-13)11(14)5-8(10)2-3-12-7/h4-5,7,12-14H,2-3,6H2,1H3.